The fourth-order valence-corrected chi connectivity index (χ4v) is 4.71. The lowest BCUT2D eigenvalue weighted by atomic mass is 9.98. The van der Waals surface area contributed by atoms with Crippen molar-refractivity contribution in [3.63, 3.8) is 0 Å². The molecule has 0 aromatic heterocycles. The number of amides is 2. The van der Waals surface area contributed by atoms with Crippen LogP contribution >= 0.6 is 0 Å². The molecule has 3 N–H and O–H groups in total. The number of aliphatic hydroxyl groups excluding tert-OH is 1. The molecule has 186 valence electrons. The van der Waals surface area contributed by atoms with Gasteiger partial charge in [0.05, 0.1) is 12.5 Å². The molecular formula is C24H23F3N2O6. The van der Waals surface area contributed by atoms with E-state index in [-0.39, 0.29) is 18.9 Å². The van der Waals surface area contributed by atoms with Crippen LogP contribution in [0.4, 0.5) is 18.0 Å². The van der Waals surface area contributed by atoms with E-state index < -0.39 is 55.3 Å². The van der Waals surface area contributed by atoms with E-state index in [2.05, 4.69) is 0 Å². The normalized spacial score (nSPS) is 20.2. The minimum atomic E-state index is -4.83. The number of nitrogens with one attached hydrogen (secondary N) is 1. The summed E-state index contributed by atoms with van der Waals surface area (Å²) in [6, 6.07) is 11.4. The lowest BCUT2D eigenvalue weighted by Gasteiger charge is -2.27. The van der Waals surface area contributed by atoms with Gasteiger partial charge in [-0.2, -0.15) is 13.2 Å². The summed E-state index contributed by atoms with van der Waals surface area (Å²) < 4.78 is 44.7. The maximum Gasteiger partial charge on any atom is 0.407 e. The molecule has 1 aliphatic carbocycles. The van der Waals surface area contributed by atoms with Crippen LogP contribution in [0.3, 0.4) is 0 Å². The quantitative estimate of drug-likeness (QED) is 0.571. The highest BCUT2D eigenvalue weighted by molar-refractivity contribution is 5.90. The smallest absolute Gasteiger partial charge is 0.407 e. The molecule has 35 heavy (non-hydrogen) atoms. The summed E-state index contributed by atoms with van der Waals surface area (Å²) in [6.45, 7) is -0.622. The second kappa shape index (κ2) is 9.57. The largest absolute Gasteiger partial charge is 0.480 e. The third-order valence-electron chi connectivity index (χ3n) is 6.22. The number of likely N-dealkylation sites (tertiary alicyclic amines) is 1. The van der Waals surface area contributed by atoms with Gasteiger partial charge in [-0.3, -0.25) is 4.79 Å². The van der Waals surface area contributed by atoms with Crippen molar-refractivity contribution in [1.29, 1.82) is 0 Å². The molecular weight excluding hydrogens is 469 g/mol. The van der Waals surface area contributed by atoms with Crippen LogP contribution in [0.25, 0.3) is 11.1 Å². The molecule has 11 heteroatoms. The van der Waals surface area contributed by atoms with Gasteiger partial charge in [0, 0.05) is 18.9 Å². The Balaban J connectivity index is 1.47. The SMILES string of the molecule is O=C(NC(CC(F)(F)F)C(=O)N1C[C@@H](O)C[C@H]1C(=O)O)OCC1c2ccccc2-c2ccccc21. The number of benzene rings is 2. The highest BCUT2D eigenvalue weighted by Gasteiger charge is 2.45. The number of nitrogens with zero attached hydrogens (tertiary/aromatic N) is 1. The molecule has 8 nitrogen and oxygen atoms in total. The highest BCUT2D eigenvalue weighted by Crippen LogP contribution is 2.44. The zero-order valence-electron chi connectivity index (χ0n) is 18.4. The van der Waals surface area contributed by atoms with Crippen molar-refractivity contribution in [3.8, 4) is 11.1 Å². The Bertz CT molecular complexity index is 1090. The number of carbonyl (C=O) groups is 3. The standard InChI is InChI=1S/C24H23F3N2O6/c25-24(26,27)10-19(21(31)29-11-13(30)9-20(29)22(32)33)28-23(34)35-12-18-16-7-3-1-5-14(16)15-6-2-4-8-17(15)18/h1-8,13,18-20,30H,9-12H2,(H,28,34)(H,32,33)/t13-,19?,20-/m0/s1. The fourth-order valence-electron chi connectivity index (χ4n) is 4.71. The summed E-state index contributed by atoms with van der Waals surface area (Å²) in [5.74, 6) is -3.04. The van der Waals surface area contributed by atoms with Gasteiger partial charge in [-0.25, -0.2) is 9.59 Å². The number of hydrogen-bond donors (Lipinski definition) is 3. The van der Waals surface area contributed by atoms with Crippen molar-refractivity contribution < 1.29 is 42.5 Å². The number of carbonyl (C=O) groups excluding carboxylic acids is 2. The number of halogens is 3. The number of fused-ring (bicyclic) bond motifs is 3. The van der Waals surface area contributed by atoms with Crippen molar-refractivity contribution in [2.45, 2.75) is 43.1 Å². The number of β-amino-alcohol motifs (C(OH)–C–C–N with tert-alkyl or cyclic N) is 1. The van der Waals surface area contributed by atoms with Crippen molar-refractivity contribution in [1.82, 2.24) is 10.2 Å². The Morgan fingerprint density at radius 2 is 1.63 bits per heavy atom. The molecule has 1 saturated heterocycles. The third-order valence-corrected chi connectivity index (χ3v) is 6.22. The monoisotopic (exact) mass is 492 g/mol. The first-order valence-electron chi connectivity index (χ1n) is 10.9. The van der Waals surface area contributed by atoms with Crippen LogP contribution < -0.4 is 5.32 Å². The van der Waals surface area contributed by atoms with Crippen LogP contribution in [0.2, 0.25) is 0 Å². The minimum absolute atomic E-state index is 0.174. The van der Waals surface area contributed by atoms with Crippen LogP contribution in [-0.2, 0) is 14.3 Å². The molecule has 2 aliphatic rings. The summed E-state index contributed by atoms with van der Waals surface area (Å²) in [5.41, 5.74) is 3.74. The number of aliphatic hydroxyl groups is 1. The van der Waals surface area contributed by atoms with E-state index in [4.69, 9.17) is 4.74 Å². The summed E-state index contributed by atoms with van der Waals surface area (Å²) in [4.78, 5) is 37.3. The summed E-state index contributed by atoms with van der Waals surface area (Å²) in [5, 5.41) is 21.0. The van der Waals surface area contributed by atoms with E-state index in [0.29, 0.717) is 4.90 Å². The number of carboxylic acids is 1. The predicted octanol–water partition coefficient (Wildman–Crippen LogP) is 2.89. The molecule has 2 aromatic carbocycles. The van der Waals surface area contributed by atoms with Gasteiger partial charge in [0.1, 0.15) is 18.7 Å². The third kappa shape index (κ3) is 5.24. The Hall–Kier alpha value is -3.60. The number of alkyl carbamates (subject to hydrolysis) is 1. The van der Waals surface area contributed by atoms with Crippen LogP contribution in [0.15, 0.2) is 48.5 Å². The van der Waals surface area contributed by atoms with Crippen LogP contribution in [0.1, 0.15) is 29.9 Å². The lowest BCUT2D eigenvalue weighted by molar-refractivity contribution is -0.158. The second-order valence-electron chi connectivity index (χ2n) is 8.58. The zero-order valence-corrected chi connectivity index (χ0v) is 18.4. The molecule has 3 atom stereocenters. The van der Waals surface area contributed by atoms with Crippen molar-refractivity contribution in [2.75, 3.05) is 13.2 Å². The molecule has 2 aromatic rings. The van der Waals surface area contributed by atoms with E-state index in [0.717, 1.165) is 22.3 Å². The van der Waals surface area contributed by atoms with E-state index >= 15 is 0 Å². The average molecular weight is 492 g/mol. The van der Waals surface area contributed by atoms with Crippen LogP contribution in [0.5, 0.6) is 0 Å². The molecule has 1 aliphatic heterocycles. The maximum atomic E-state index is 13.2. The second-order valence-corrected chi connectivity index (χ2v) is 8.58. The summed E-state index contributed by atoms with van der Waals surface area (Å²) in [7, 11) is 0. The first-order valence-corrected chi connectivity index (χ1v) is 10.9. The van der Waals surface area contributed by atoms with Crippen molar-refractivity contribution >= 4 is 18.0 Å². The van der Waals surface area contributed by atoms with E-state index in [9.17, 15) is 37.8 Å². The number of hydrogen-bond acceptors (Lipinski definition) is 5. The molecule has 1 fully saturated rings. The number of alkyl halides is 3. The van der Waals surface area contributed by atoms with Gasteiger partial charge in [0.25, 0.3) is 0 Å². The highest BCUT2D eigenvalue weighted by atomic mass is 19.4. The van der Waals surface area contributed by atoms with Gasteiger partial charge in [-0.15, -0.1) is 0 Å². The van der Waals surface area contributed by atoms with Gasteiger partial charge in [-0.1, -0.05) is 48.5 Å². The van der Waals surface area contributed by atoms with Gasteiger partial charge in [0.15, 0.2) is 0 Å². The molecule has 0 spiro atoms. The molecule has 2 amide bonds. The minimum Gasteiger partial charge on any atom is -0.480 e. The van der Waals surface area contributed by atoms with E-state index in [1.165, 1.54) is 0 Å². The van der Waals surface area contributed by atoms with Gasteiger partial charge < -0.3 is 25.2 Å². The topological polar surface area (TPSA) is 116 Å². The number of aliphatic carboxylic acids is 1. The number of ether oxygens (including phenoxy) is 1. The van der Waals surface area contributed by atoms with Crippen molar-refractivity contribution in [3.05, 3.63) is 59.7 Å². The molecule has 0 radical (unpaired) electrons. The molecule has 0 saturated carbocycles. The Morgan fingerprint density at radius 3 is 2.17 bits per heavy atom. The lowest BCUT2D eigenvalue weighted by Crippen LogP contribution is -2.53. The maximum absolute atomic E-state index is 13.2. The van der Waals surface area contributed by atoms with Gasteiger partial charge in [-0.05, 0) is 22.3 Å². The molecule has 1 heterocycles. The van der Waals surface area contributed by atoms with Crippen molar-refractivity contribution in [2.24, 2.45) is 0 Å². The Labute approximate surface area is 198 Å². The van der Waals surface area contributed by atoms with Gasteiger partial charge >= 0.3 is 18.2 Å². The zero-order chi connectivity index (χ0) is 25.3. The van der Waals surface area contributed by atoms with E-state index in [1.54, 1.807) is 0 Å². The Kier molecular flexibility index (Phi) is 6.70. The predicted molar refractivity (Wildman–Crippen MR) is 116 cm³/mol. The number of rotatable bonds is 6. The molecule has 1 unspecified atom stereocenters. The molecule has 0 bridgehead atoms. The first kappa shape index (κ1) is 24.5. The van der Waals surface area contributed by atoms with E-state index in [1.807, 2.05) is 53.8 Å². The van der Waals surface area contributed by atoms with Crippen LogP contribution in [-0.4, -0.2) is 70.6 Å². The molecule has 4 rings (SSSR count). The van der Waals surface area contributed by atoms with Crippen LogP contribution in [0, 0.1) is 0 Å². The fraction of sp³-hybridized carbons (Fsp3) is 0.375. The summed E-state index contributed by atoms with van der Waals surface area (Å²) in [6.07, 6.45) is -9.28. The average Bonchev–Trinajstić information content (AvgIpc) is 3.34. The van der Waals surface area contributed by atoms with Gasteiger partial charge in [0.2, 0.25) is 5.91 Å². The first-order chi connectivity index (χ1) is 16.5. The summed E-state index contributed by atoms with van der Waals surface area (Å²) >= 11 is 0. The number of carboxylic acid groups (broad SMARTS) is 1. The Morgan fingerprint density at radius 1 is 1.06 bits per heavy atom.